The Hall–Kier alpha value is -5.23. The highest BCUT2D eigenvalue weighted by molar-refractivity contribution is 5.95. The molecule has 250 valence electrons. The summed E-state index contributed by atoms with van der Waals surface area (Å²) in [5.41, 5.74) is 6.79. The van der Waals surface area contributed by atoms with E-state index in [1.807, 2.05) is 55.5 Å². The highest BCUT2D eigenvalue weighted by Gasteiger charge is 2.32. The Morgan fingerprint density at radius 2 is 1.77 bits per heavy atom. The summed E-state index contributed by atoms with van der Waals surface area (Å²) in [4.78, 5) is 26.9. The standard InChI is InChI=1S/C35H43N5O7/c1-6-40(7-2)27-16-14-26(29(19-27)46-21-24-12-10-9-11-13-24)20-36-39-31(41)22-47-28-17-15-25(18-30(28)45-8-3)33-32(34(42)44-5)23(4)37-35(43)38-33/h9-20,31,33,39,41H,6-8,21-22H2,1-5H3,(H2,37,38,43)/b36-20+/t31-,33-/m0/s1. The monoisotopic (exact) mass is 645 g/mol. The van der Waals surface area contributed by atoms with Crippen LogP contribution in [0.3, 0.4) is 0 Å². The number of aliphatic hydroxyl groups excluding tert-OH is 1. The third-order valence-corrected chi connectivity index (χ3v) is 7.46. The van der Waals surface area contributed by atoms with Gasteiger partial charge < -0.3 is 39.6 Å². The van der Waals surface area contributed by atoms with Crippen LogP contribution in [0.2, 0.25) is 0 Å². The summed E-state index contributed by atoms with van der Waals surface area (Å²) in [6.07, 6.45) is 0.446. The zero-order valence-electron chi connectivity index (χ0n) is 27.4. The Bertz CT molecular complexity index is 1570. The number of esters is 1. The summed E-state index contributed by atoms with van der Waals surface area (Å²) < 4.78 is 22.8. The quantitative estimate of drug-likeness (QED) is 0.0759. The van der Waals surface area contributed by atoms with Crippen molar-refractivity contribution in [3.8, 4) is 17.2 Å². The zero-order chi connectivity index (χ0) is 33.8. The minimum Gasteiger partial charge on any atom is -0.490 e. The van der Waals surface area contributed by atoms with Crippen molar-refractivity contribution in [2.45, 2.75) is 46.6 Å². The number of aliphatic hydroxyl groups is 1. The molecule has 0 saturated carbocycles. The zero-order valence-corrected chi connectivity index (χ0v) is 27.4. The molecule has 2 amide bonds. The fourth-order valence-corrected chi connectivity index (χ4v) is 5.09. The Morgan fingerprint density at radius 1 is 1.00 bits per heavy atom. The Labute approximate surface area is 275 Å². The molecule has 0 unspecified atom stereocenters. The summed E-state index contributed by atoms with van der Waals surface area (Å²) in [5.74, 6) is 0.845. The van der Waals surface area contributed by atoms with Crippen LogP contribution >= 0.6 is 0 Å². The van der Waals surface area contributed by atoms with Crippen LogP contribution in [-0.4, -0.2) is 63.0 Å². The Balaban J connectivity index is 1.44. The van der Waals surface area contributed by atoms with Gasteiger partial charge in [-0.05, 0) is 63.1 Å². The van der Waals surface area contributed by atoms with Gasteiger partial charge in [-0.25, -0.2) is 9.59 Å². The third kappa shape index (κ3) is 9.17. The van der Waals surface area contributed by atoms with Crippen molar-refractivity contribution in [3.63, 3.8) is 0 Å². The van der Waals surface area contributed by atoms with Crippen LogP contribution in [0.4, 0.5) is 10.5 Å². The number of amides is 2. The van der Waals surface area contributed by atoms with Crippen molar-refractivity contribution in [2.24, 2.45) is 5.10 Å². The number of nitrogens with zero attached hydrogens (tertiary/aromatic N) is 2. The lowest BCUT2D eigenvalue weighted by Gasteiger charge is -2.28. The minimum absolute atomic E-state index is 0.147. The molecule has 0 fully saturated rings. The van der Waals surface area contributed by atoms with Gasteiger partial charge in [-0.1, -0.05) is 36.4 Å². The second-order valence-electron chi connectivity index (χ2n) is 10.6. The maximum absolute atomic E-state index is 12.5. The summed E-state index contributed by atoms with van der Waals surface area (Å²) in [6.45, 7) is 9.99. The van der Waals surface area contributed by atoms with E-state index in [4.69, 9.17) is 18.9 Å². The highest BCUT2D eigenvalue weighted by Crippen LogP contribution is 2.35. The number of nitrogens with one attached hydrogen (secondary N) is 3. The average molecular weight is 646 g/mol. The molecule has 3 aromatic rings. The van der Waals surface area contributed by atoms with Crippen LogP contribution in [0.1, 0.15) is 50.4 Å². The smallest absolute Gasteiger partial charge is 0.337 e. The molecule has 1 aliphatic heterocycles. The van der Waals surface area contributed by atoms with Gasteiger partial charge in [0.15, 0.2) is 17.7 Å². The number of carbonyl (C=O) groups is 2. The lowest BCUT2D eigenvalue weighted by molar-refractivity contribution is -0.136. The maximum Gasteiger partial charge on any atom is 0.337 e. The molecule has 3 aromatic carbocycles. The number of urea groups is 1. The van der Waals surface area contributed by atoms with Gasteiger partial charge in [0, 0.05) is 36.1 Å². The van der Waals surface area contributed by atoms with E-state index in [0.717, 1.165) is 29.9 Å². The lowest BCUT2D eigenvalue weighted by atomic mass is 9.95. The molecule has 12 heteroatoms. The number of anilines is 1. The van der Waals surface area contributed by atoms with E-state index in [1.54, 1.807) is 31.3 Å². The molecule has 4 rings (SSSR count). The first kappa shape index (κ1) is 34.6. The Kier molecular flexibility index (Phi) is 12.5. The second kappa shape index (κ2) is 16.9. The molecule has 47 heavy (non-hydrogen) atoms. The molecule has 4 N–H and O–H groups in total. The van der Waals surface area contributed by atoms with Gasteiger partial charge in [-0.2, -0.15) is 5.10 Å². The number of benzene rings is 3. The predicted octanol–water partition coefficient (Wildman–Crippen LogP) is 4.63. The van der Waals surface area contributed by atoms with Crippen LogP contribution in [-0.2, 0) is 16.1 Å². The fraction of sp³-hybridized carbons (Fsp3) is 0.343. The molecule has 0 radical (unpaired) electrons. The van der Waals surface area contributed by atoms with E-state index in [-0.39, 0.29) is 12.2 Å². The Morgan fingerprint density at radius 3 is 2.47 bits per heavy atom. The van der Waals surface area contributed by atoms with E-state index in [9.17, 15) is 14.7 Å². The van der Waals surface area contributed by atoms with E-state index >= 15 is 0 Å². The van der Waals surface area contributed by atoms with Crippen molar-refractivity contribution in [1.82, 2.24) is 16.1 Å². The molecule has 0 spiro atoms. The summed E-state index contributed by atoms with van der Waals surface area (Å²) in [7, 11) is 1.28. The molecular weight excluding hydrogens is 602 g/mol. The van der Waals surface area contributed by atoms with Crippen molar-refractivity contribution in [1.29, 1.82) is 0 Å². The van der Waals surface area contributed by atoms with Crippen LogP contribution < -0.4 is 35.2 Å². The van der Waals surface area contributed by atoms with Gasteiger partial charge in [0.25, 0.3) is 0 Å². The first-order valence-electron chi connectivity index (χ1n) is 15.6. The van der Waals surface area contributed by atoms with E-state index in [1.165, 1.54) is 7.11 Å². The topological polar surface area (TPSA) is 143 Å². The van der Waals surface area contributed by atoms with Crippen LogP contribution in [0.15, 0.2) is 83.1 Å². The number of allylic oxidation sites excluding steroid dienone is 1. The number of methoxy groups -OCH3 is 1. The fourth-order valence-electron chi connectivity index (χ4n) is 5.09. The third-order valence-electron chi connectivity index (χ3n) is 7.46. The predicted molar refractivity (Wildman–Crippen MR) is 180 cm³/mol. The first-order chi connectivity index (χ1) is 22.8. The number of rotatable bonds is 16. The van der Waals surface area contributed by atoms with Crippen LogP contribution in [0, 0.1) is 0 Å². The molecule has 12 nitrogen and oxygen atoms in total. The number of hydrogen-bond acceptors (Lipinski definition) is 10. The molecular formula is C35H43N5O7. The average Bonchev–Trinajstić information content (AvgIpc) is 3.08. The molecule has 0 bridgehead atoms. The second-order valence-corrected chi connectivity index (χ2v) is 10.6. The number of hydrogen-bond donors (Lipinski definition) is 4. The minimum atomic E-state index is -1.15. The molecule has 0 aromatic heterocycles. The lowest BCUT2D eigenvalue weighted by Crippen LogP contribution is -2.45. The van der Waals surface area contributed by atoms with Gasteiger partial charge in [0.05, 0.1) is 31.5 Å². The number of ether oxygens (including phenoxy) is 4. The SMILES string of the molecule is CCOc1cc([C@@H]2NC(=O)NC(C)=C2C(=O)OC)ccc1OC[C@H](O)N/N=C/c1ccc(N(CC)CC)cc1OCc1ccccc1. The maximum atomic E-state index is 12.5. The van der Waals surface area contributed by atoms with Crippen molar-refractivity contribution in [2.75, 3.05) is 38.3 Å². The molecule has 1 aliphatic rings. The van der Waals surface area contributed by atoms with Crippen LogP contribution in [0.25, 0.3) is 0 Å². The number of carbonyl (C=O) groups excluding carboxylic acids is 2. The van der Waals surface area contributed by atoms with Gasteiger partial charge in [0.1, 0.15) is 19.0 Å². The van der Waals surface area contributed by atoms with Crippen molar-refractivity contribution < 1.29 is 33.6 Å². The van der Waals surface area contributed by atoms with E-state index in [2.05, 4.69) is 39.9 Å². The summed E-state index contributed by atoms with van der Waals surface area (Å²) in [5, 5.41) is 20.2. The molecule has 2 atom stereocenters. The van der Waals surface area contributed by atoms with Crippen molar-refractivity contribution in [3.05, 3.63) is 94.7 Å². The molecule has 1 heterocycles. The largest absolute Gasteiger partial charge is 0.490 e. The van der Waals surface area contributed by atoms with E-state index < -0.39 is 24.3 Å². The number of hydrazone groups is 1. The highest BCUT2D eigenvalue weighted by atomic mass is 16.5. The molecule has 0 aliphatic carbocycles. The molecule has 0 saturated heterocycles. The van der Waals surface area contributed by atoms with Crippen LogP contribution in [0.5, 0.6) is 17.2 Å². The van der Waals surface area contributed by atoms with E-state index in [0.29, 0.717) is 41.7 Å². The van der Waals surface area contributed by atoms with Gasteiger partial charge >= 0.3 is 12.0 Å². The first-order valence-corrected chi connectivity index (χ1v) is 15.6. The van der Waals surface area contributed by atoms with Crippen molar-refractivity contribution >= 4 is 23.9 Å². The normalized spacial score (nSPS) is 15.0. The van der Waals surface area contributed by atoms with Gasteiger partial charge in [0.2, 0.25) is 0 Å². The summed E-state index contributed by atoms with van der Waals surface area (Å²) >= 11 is 0. The summed E-state index contributed by atoms with van der Waals surface area (Å²) in [6, 6.07) is 19.7. The van der Waals surface area contributed by atoms with Gasteiger partial charge in [-0.15, -0.1) is 0 Å². The van der Waals surface area contributed by atoms with Gasteiger partial charge in [-0.3, -0.25) is 5.43 Å².